The van der Waals surface area contributed by atoms with Crippen molar-refractivity contribution in [2.24, 2.45) is 5.41 Å². The first kappa shape index (κ1) is 14.0. The van der Waals surface area contributed by atoms with Crippen molar-refractivity contribution in [2.45, 2.75) is 32.6 Å². The molecule has 1 fully saturated rings. The van der Waals surface area contributed by atoms with Crippen LogP contribution in [0.25, 0.3) is 0 Å². The third-order valence-corrected chi connectivity index (χ3v) is 3.79. The summed E-state index contributed by atoms with van der Waals surface area (Å²) in [4.78, 5) is 15.8. The Morgan fingerprint density at radius 3 is 2.95 bits per heavy atom. The predicted octanol–water partition coefficient (Wildman–Crippen LogP) is 1.52. The summed E-state index contributed by atoms with van der Waals surface area (Å²) in [6.07, 6.45) is 7.24. The maximum atomic E-state index is 11.9. The fourth-order valence-corrected chi connectivity index (χ4v) is 2.48. The van der Waals surface area contributed by atoms with E-state index in [0.717, 1.165) is 31.6 Å². The zero-order valence-electron chi connectivity index (χ0n) is 11.6. The van der Waals surface area contributed by atoms with Crippen molar-refractivity contribution in [3.8, 4) is 0 Å². The van der Waals surface area contributed by atoms with E-state index in [1.807, 2.05) is 12.1 Å². The zero-order chi connectivity index (χ0) is 13.6. The van der Waals surface area contributed by atoms with E-state index < -0.39 is 0 Å². The Hall–Kier alpha value is -1.42. The molecular weight excluding hydrogens is 238 g/mol. The molecule has 1 aromatic rings. The molecule has 0 saturated carbocycles. The predicted molar refractivity (Wildman–Crippen MR) is 75.8 cm³/mol. The lowest BCUT2D eigenvalue weighted by Gasteiger charge is -2.34. The average Bonchev–Trinajstić information content (AvgIpc) is 2.45. The van der Waals surface area contributed by atoms with E-state index in [2.05, 4.69) is 22.5 Å². The first-order valence-electron chi connectivity index (χ1n) is 7.04. The number of piperidine rings is 1. The van der Waals surface area contributed by atoms with Gasteiger partial charge in [-0.3, -0.25) is 9.78 Å². The molecule has 1 aliphatic rings. The van der Waals surface area contributed by atoms with Gasteiger partial charge in [0.15, 0.2) is 0 Å². The minimum absolute atomic E-state index is 0.142. The second-order valence-corrected chi connectivity index (χ2v) is 5.72. The second kappa shape index (κ2) is 6.66. The molecule has 2 N–H and O–H groups in total. The van der Waals surface area contributed by atoms with Gasteiger partial charge in [0.05, 0.1) is 0 Å². The molecule has 0 spiro atoms. The molecule has 0 radical (unpaired) electrons. The molecule has 1 atom stereocenters. The Morgan fingerprint density at radius 1 is 1.47 bits per heavy atom. The maximum absolute atomic E-state index is 11.9. The number of nitrogens with one attached hydrogen (secondary N) is 2. The maximum Gasteiger partial charge on any atom is 0.220 e. The van der Waals surface area contributed by atoms with Gasteiger partial charge in [-0.1, -0.05) is 6.92 Å². The van der Waals surface area contributed by atoms with Gasteiger partial charge in [-0.15, -0.1) is 0 Å². The molecule has 104 valence electrons. The van der Waals surface area contributed by atoms with Crippen molar-refractivity contribution < 1.29 is 4.79 Å². The summed E-state index contributed by atoms with van der Waals surface area (Å²) in [7, 11) is 0. The highest BCUT2D eigenvalue weighted by Crippen LogP contribution is 2.24. The van der Waals surface area contributed by atoms with E-state index in [1.54, 1.807) is 12.4 Å². The molecule has 1 saturated heterocycles. The number of aryl methyl sites for hydroxylation is 1. The van der Waals surface area contributed by atoms with Crippen LogP contribution in [0.2, 0.25) is 0 Å². The first-order chi connectivity index (χ1) is 9.18. The largest absolute Gasteiger partial charge is 0.355 e. The molecule has 1 unspecified atom stereocenters. The Balaban J connectivity index is 1.70. The minimum atomic E-state index is 0.142. The second-order valence-electron chi connectivity index (χ2n) is 5.72. The molecule has 19 heavy (non-hydrogen) atoms. The van der Waals surface area contributed by atoms with E-state index in [4.69, 9.17) is 0 Å². The van der Waals surface area contributed by atoms with Crippen LogP contribution in [-0.4, -0.2) is 30.5 Å². The van der Waals surface area contributed by atoms with Crippen molar-refractivity contribution >= 4 is 5.91 Å². The van der Waals surface area contributed by atoms with Crippen molar-refractivity contribution in [1.29, 1.82) is 0 Å². The fourth-order valence-electron chi connectivity index (χ4n) is 2.48. The van der Waals surface area contributed by atoms with Crippen molar-refractivity contribution in [3.05, 3.63) is 30.1 Å². The smallest absolute Gasteiger partial charge is 0.220 e. The number of hydrogen-bond donors (Lipinski definition) is 2. The number of pyridine rings is 1. The molecule has 1 aromatic heterocycles. The zero-order valence-corrected chi connectivity index (χ0v) is 11.6. The van der Waals surface area contributed by atoms with Crippen LogP contribution in [0.15, 0.2) is 24.5 Å². The number of amides is 1. The average molecular weight is 261 g/mol. The molecule has 1 amide bonds. The van der Waals surface area contributed by atoms with E-state index in [-0.39, 0.29) is 11.3 Å². The van der Waals surface area contributed by atoms with E-state index in [9.17, 15) is 4.79 Å². The van der Waals surface area contributed by atoms with Crippen LogP contribution in [0.3, 0.4) is 0 Å². The van der Waals surface area contributed by atoms with Crippen molar-refractivity contribution in [1.82, 2.24) is 15.6 Å². The molecular formula is C15H23N3O. The summed E-state index contributed by atoms with van der Waals surface area (Å²) in [5, 5.41) is 6.47. The van der Waals surface area contributed by atoms with Gasteiger partial charge in [0.1, 0.15) is 0 Å². The summed E-state index contributed by atoms with van der Waals surface area (Å²) in [6, 6.07) is 3.92. The highest BCUT2D eigenvalue weighted by Gasteiger charge is 2.26. The highest BCUT2D eigenvalue weighted by atomic mass is 16.1. The quantitative estimate of drug-likeness (QED) is 0.845. The molecule has 1 aliphatic heterocycles. The van der Waals surface area contributed by atoms with E-state index >= 15 is 0 Å². The van der Waals surface area contributed by atoms with Crippen LogP contribution in [0.4, 0.5) is 0 Å². The van der Waals surface area contributed by atoms with Gasteiger partial charge < -0.3 is 10.6 Å². The lowest BCUT2D eigenvalue weighted by Crippen LogP contribution is -2.45. The molecule has 2 heterocycles. The fraction of sp³-hybridized carbons (Fsp3) is 0.600. The van der Waals surface area contributed by atoms with Gasteiger partial charge >= 0.3 is 0 Å². The molecule has 0 bridgehead atoms. The Bertz CT molecular complexity index is 399. The standard InChI is InChI=1S/C15H23N3O/c1-15(7-2-8-17-11-15)12-18-14(19)4-3-13-5-9-16-10-6-13/h5-6,9-10,17H,2-4,7-8,11-12H2,1H3,(H,18,19). The van der Waals surface area contributed by atoms with Crippen LogP contribution in [0.1, 0.15) is 31.7 Å². The summed E-state index contributed by atoms with van der Waals surface area (Å²) in [5.41, 5.74) is 1.38. The summed E-state index contributed by atoms with van der Waals surface area (Å²) < 4.78 is 0. The van der Waals surface area contributed by atoms with Crippen molar-refractivity contribution in [2.75, 3.05) is 19.6 Å². The monoisotopic (exact) mass is 261 g/mol. The van der Waals surface area contributed by atoms with E-state index in [0.29, 0.717) is 6.42 Å². The summed E-state index contributed by atoms with van der Waals surface area (Å²) in [6.45, 7) is 5.11. The minimum Gasteiger partial charge on any atom is -0.355 e. The van der Waals surface area contributed by atoms with Gasteiger partial charge in [-0.2, -0.15) is 0 Å². The highest BCUT2D eigenvalue weighted by molar-refractivity contribution is 5.76. The van der Waals surface area contributed by atoms with Crippen LogP contribution in [-0.2, 0) is 11.2 Å². The number of carbonyl (C=O) groups is 1. The molecule has 2 rings (SSSR count). The van der Waals surface area contributed by atoms with Gasteiger partial charge in [-0.25, -0.2) is 0 Å². The van der Waals surface area contributed by atoms with Crippen LogP contribution >= 0.6 is 0 Å². The van der Waals surface area contributed by atoms with Gasteiger partial charge in [0, 0.05) is 31.9 Å². The third kappa shape index (κ3) is 4.63. The lowest BCUT2D eigenvalue weighted by atomic mass is 9.83. The number of aromatic nitrogens is 1. The van der Waals surface area contributed by atoms with Crippen LogP contribution in [0, 0.1) is 5.41 Å². The molecule has 0 aromatic carbocycles. The van der Waals surface area contributed by atoms with E-state index in [1.165, 1.54) is 12.8 Å². The molecule has 0 aliphatic carbocycles. The topological polar surface area (TPSA) is 54.0 Å². The third-order valence-electron chi connectivity index (χ3n) is 3.79. The van der Waals surface area contributed by atoms with Crippen molar-refractivity contribution in [3.63, 3.8) is 0 Å². The van der Waals surface area contributed by atoms with Gasteiger partial charge in [0.2, 0.25) is 5.91 Å². The Morgan fingerprint density at radius 2 is 2.26 bits per heavy atom. The normalized spacial score (nSPS) is 23.0. The summed E-state index contributed by atoms with van der Waals surface area (Å²) >= 11 is 0. The van der Waals surface area contributed by atoms with Gasteiger partial charge in [0.25, 0.3) is 0 Å². The van der Waals surface area contributed by atoms with Crippen LogP contribution < -0.4 is 10.6 Å². The summed E-state index contributed by atoms with van der Waals surface area (Å²) in [5.74, 6) is 0.142. The SMILES string of the molecule is CC1(CNC(=O)CCc2ccncc2)CCCNC1. The Labute approximate surface area is 115 Å². The number of carbonyl (C=O) groups excluding carboxylic acids is 1. The lowest BCUT2D eigenvalue weighted by molar-refractivity contribution is -0.121. The van der Waals surface area contributed by atoms with Crippen LogP contribution in [0.5, 0.6) is 0 Å². The number of hydrogen-bond acceptors (Lipinski definition) is 3. The number of rotatable bonds is 5. The Kier molecular flexibility index (Phi) is 4.91. The molecule has 4 heteroatoms. The number of nitrogens with zero attached hydrogens (tertiary/aromatic N) is 1. The molecule has 4 nitrogen and oxygen atoms in total. The first-order valence-corrected chi connectivity index (χ1v) is 7.04. The van der Waals surface area contributed by atoms with Gasteiger partial charge in [-0.05, 0) is 48.9 Å².